The fourth-order valence-electron chi connectivity index (χ4n) is 0.0456. The Morgan fingerprint density at radius 2 is 2.60 bits per heavy atom. The summed E-state index contributed by atoms with van der Waals surface area (Å²) in [6, 6.07) is 0. The molecule has 0 atom stereocenters. The molecule has 26 valence electrons. The first-order valence-electron chi connectivity index (χ1n) is 1.12. The van der Waals surface area contributed by atoms with Crippen LogP contribution in [0.1, 0.15) is 0 Å². The summed E-state index contributed by atoms with van der Waals surface area (Å²) in [4.78, 5) is 0. The summed E-state index contributed by atoms with van der Waals surface area (Å²) >= 11 is 0. The van der Waals surface area contributed by atoms with E-state index in [1.54, 1.807) is 0 Å². The van der Waals surface area contributed by atoms with Gasteiger partial charge in [-0.25, -0.2) is 0 Å². The van der Waals surface area contributed by atoms with Gasteiger partial charge in [0.2, 0.25) is 0 Å². The summed E-state index contributed by atoms with van der Waals surface area (Å²) in [6.45, 7) is 0. The maximum atomic E-state index is 6.23. The Balaban J connectivity index is 2.65. The Kier molecular flexibility index (Phi) is 2.89. The van der Waals surface area contributed by atoms with Crippen molar-refractivity contribution in [3.63, 3.8) is 0 Å². The number of nitrogens with one attached hydrogen (secondary N) is 2. The second-order valence-corrected chi connectivity index (χ2v) is 0.432. The van der Waals surface area contributed by atoms with E-state index in [0.29, 0.717) is 0 Å². The molecule has 0 fully saturated rings. The van der Waals surface area contributed by atoms with Gasteiger partial charge < -0.3 is 0 Å². The van der Waals surface area contributed by atoms with Crippen LogP contribution in [0.4, 0.5) is 0 Å². The van der Waals surface area contributed by atoms with Crippen LogP contribution in [0.15, 0.2) is 5.00 Å². The van der Waals surface area contributed by atoms with Crippen molar-refractivity contribution in [1.82, 2.24) is 5.43 Å². The predicted molar refractivity (Wildman–Crippen MR) is 21.5 cm³/mol. The summed E-state index contributed by atoms with van der Waals surface area (Å²) in [5, 5.41) is 9.34. The number of hydrogen-bond acceptors (Lipinski definition) is 2. The van der Waals surface area contributed by atoms with Crippen LogP contribution in [0.2, 0.25) is 0 Å². The normalized spacial score (nSPS) is 5.40. The second-order valence-electron chi connectivity index (χ2n) is 0.432. The standard InChI is InChI=1S/CH4BN3/c2-5-4-1-3/h1-2H,(H2,3,4). The van der Waals surface area contributed by atoms with E-state index in [0.717, 1.165) is 6.34 Å². The zero-order valence-electron chi connectivity index (χ0n) is 2.73. The molecule has 0 amide bonds. The first kappa shape index (κ1) is 4.33. The Labute approximate surface area is 31.0 Å². The molecule has 0 aromatic heterocycles. The van der Waals surface area contributed by atoms with Crippen LogP contribution in [0.5, 0.6) is 0 Å². The number of nitrogens with zero attached hydrogens (tertiary/aromatic N) is 1. The van der Waals surface area contributed by atoms with Gasteiger partial charge in [0, 0.05) is 0 Å². The van der Waals surface area contributed by atoms with Gasteiger partial charge in [-0.2, -0.15) is 0 Å². The first-order chi connectivity index (χ1) is 2.41. The molecular weight excluding hydrogens is 64.8 g/mol. The predicted octanol–water partition coefficient (Wildman–Crippen LogP) is -0.818. The Morgan fingerprint density at radius 3 is 2.60 bits per heavy atom. The molecule has 0 radical (unpaired) electrons. The van der Waals surface area contributed by atoms with Crippen LogP contribution in [-0.4, -0.2) is 14.0 Å². The second kappa shape index (κ2) is 3.33. The summed E-state index contributed by atoms with van der Waals surface area (Å²) in [5.74, 6) is 0. The number of hydrogen-bond donors (Lipinski definition) is 2. The van der Waals surface area contributed by atoms with Gasteiger partial charge in [-0.05, 0) is 0 Å². The minimum absolute atomic E-state index is 0.951. The maximum absolute atomic E-state index is 6.23. The van der Waals surface area contributed by atoms with Gasteiger partial charge in [0.1, 0.15) is 0 Å². The Morgan fingerprint density at radius 1 is 2.00 bits per heavy atom. The summed E-state index contributed by atoms with van der Waals surface area (Å²) in [6.07, 6.45) is 0.951. The van der Waals surface area contributed by atoms with Crippen molar-refractivity contribution in [2.24, 2.45) is 5.00 Å². The average molecular weight is 68.9 g/mol. The fraction of sp³-hybridized carbons (Fsp3) is 0. The van der Waals surface area contributed by atoms with Gasteiger partial charge in [0.15, 0.2) is 0 Å². The zero-order valence-corrected chi connectivity index (χ0v) is 2.73. The van der Waals surface area contributed by atoms with Crippen molar-refractivity contribution < 1.29 is 0 Å². The van der Waals surface area contributed by atoms with E-state index < -0.39 is 0 Å². The molecule has 4 heteroatoms. The number of rotatable bonds is 2. The van der Waals surface area contributed by atoms with E-state index in [-0.39, 0.29) is 0 Å². The molecule has 0 unspecified atom stereocenters. The molecule has 0 saturated heterocycles. The molecule has 0 bridgehead atoms. The summed E-state index contributed by atoms with van der Waals surface area (Å²) < 4.78 is 0. The molecule has 0 saturated carbocycles. The van der Waals surface area contributed by atoms with Crippen molar-refractivity contribution in [1.29, 1.82) is 5.41 Å². The van der Waals surface area contributed by atoms with Crippen LogP contribution < -0.4 is 5.43 Å². The third-order valence-electron chi connectivity index (χ3n) is 0.156. The topological polar surface area (TPSA) is 48.2 Å². The van der Waals surface area contributed by atoms with Crippen LogP contribution in [0.25, 0.3) is 0 Å². The quantitative estimate of drug-likeness (QED) is 0.189. The summed E-state index contributed by atoms with van der Waals surface area (Å²) in [7, 11) is 3.04. The van der Waals surface area contributed by atoms with E-state index in [1.165, 1.54) is 0 Å². The van der Waals surface area contributed by atoms with Crippen LogP contribution in [0, 0.1) is 5.41 Å². The van der Waals surface area contributed by atoms with Crippen molar-refractivity contribution >= 4 is 14.0 Å². The van der Waals surface area contributed by atoms with Gasteiger partial charge in [-0.3, -0.25) is 0 Å². The Bertz CT molecular complexity index is 36.2. The van der Waals surface area contributed by atoms with Crippen LogP contribution >= 0.6 is 0 Å². The molecule has 0 heterocycles. The van der Waals surface area contributed by atoms with Gasteiger partial charge in [-0.15, -0.1) is 0 Å². The molecule has 2 N–H and O–H groups in total. The third kappa shape index (κ3) is 3.33. The van der Waals surface area contributed by atoms with E-state index >= 15 is 0 Å². The Hall–Kier alpha value is -0.665. The molecule has 0 aliphatic rings. The van der Waals surface area contributed by atoms with Gasteiger partial charge >= 0.3 is 29.8 Å². The molecule has 0 rings (SSSR count). The van der Waals surface area contributed by atoms with Crippen molar-refractivity contribution in [3.8, 4) is 0 Å². The summed E-state index contributed by atoms with van der Waals surface area (Å²) in [5.41, 5.74) is 2.17. The average Bonchev–Trinajstić information content (AvgIpc) is 1.41. The SMILES string of the molecule is B=NNC=N. The molecule has 3 nitrogen and oxygen atoms in total. The molecular formula is CH4BN3. The molecule has 0 aliphatic heterocycles. The van der Waals surface area contributed by atoms with Crippen molar-refractivity contribution in [2.75, 3.05) is 0 Å². The van der Waals surface area contributed by atoms with Gasteiger partial charge in [0.25, 0.3) is 0 Å². The van der Waals surface area contributed by atoms with Crippen LogP contribution in [-0.2, 0) is 0 Å². The first-order valence-corrected chi connectivity index (χ1v) is 1.12. The molecule has 0 aromatic rings. The third-order valence-corrected chi connectivity index (χ3v) is 0.156. The van der Waals surface area contributed by atoms with Crippen molar-refractivity contribution in [2.45, 2.75) is 0 Å². The van der Waals surface area contributed by atoms with E-state index in [1.807, 2.05) is 0 Å². The van der Waals surface area contributed by atoms with Gasteiger partial charge in [0.05, 0.1) is 0 Å². The fourth-order valence-corrected chi connectivity index (χ4v) is 0.0456. The van der Waals surface area contributed by atoms with Gasteiger partial charge in [-0.1, -0.05) is 0 Å². The molecule has 0 aromatic carbocycles. The zero-order chi connectivity index (χ0) is 4.12. The molecule has 5 heavy (non-hydrogen) atoms. The van der Waals surface area contributed by atoms with Crippen LogP contribution in [0.3, 0.4) is 0 Å². The monoisotopic (exact) mass is 69.0 g/mol. The van der Waals surface area contributed by atoms with Crippen molar-refractivity contribution in [3.05, 3.63) is 0 Å². The van der Waals surface area contributed by atoms with E-state index in [9.17, 15) is 0 Å². The molecule has 0 spiro atoms. The van der Waals surface area contributed by atoms with E-state index in [2.05, 4.69) is 18.1 Å². The minimum atomic E-state index is 0.951. The van der Waals surface area contributed by atoms with E-state index in [4.69, 9.17) is 5.41 Å². The molecule has 0 aliphatic carbocycles.